The number of carboxylic acids is 1. The molecule has 5 heteroatoms. The van der Waals surface area contributed by atoms with Crippen LogP contribution in [0.5, 0.6) is 0 Å². The van der Waals surface area contributed by atoms with Crippen molar-refractivity contribution in [2.24, 2.45) is 0 Å². The second-order valence-electron chi connectivity index (χ2n) is 7.23. The van der Waals surface area contributed by atoms with Crippen LogP contribution in [0.25, 0.3) is 11.1 Å². The number of rotatable bonds is 5. The van der Waals surface area contributed by atoms with E-state index in [4.69, 9.17) is 9.84 Å². The quantitative estimate of drug-likeness (QED) is 0.859. The number of benzene rings is 2. The molecule has 0 saturated carbocycles. The summed E-state index contributed by atoms with van der Waals surface area (Å²) in [7, 11) is 0. The predicted octanol–water partition coefficient (Wildman–Crippen LogP) is 4.26. The molecule has 1 saturated heterocycles. The lowest BCUT2D eigenvalue weighted by Gasteiger charge is -2.24. The van der Waals surface area contributed by atoms with Gasteiger partial charge in [0.15, 0.2) is 0 Å². The molecule has 1 N–H and O–H groups in total. The smallest absolute Gasteiger partial charge is 0.410 e. The van der Waals surface area contributed by atoms with E-state index in [9.17, 15) is 9.59 Å². The average molecular weight is 365 g/mol. The molecule has 140 valence electrons. The summed E-state index contributed by atoms with van der Waals surface area (Å²) in [4.78, 5) is 25.2. The van der Waals surface area contributed by atoms with Crippen molar-refractivity contribution in [2.45, 2.75) is 37.6 Å². The maximum absolute atomic E-state index is 12.6. The SMILES string of the molecule is O=C(O)CCC1CCCN1C(=O)OCC1c2ccccc2-c2ccccc21. The van der Waals surface area contributed by atoms with Gasteiger partial charge in [0.25, 0.3) is 0 Å². The van der Waals surface area contributed by atoms with Gasteiger partial charge in [0, 0.05) is 24.9 Å². The van der Waals surface area contributed by atoms with Crippen LogP contribution in [0.1, 0.15) is 42.7 Å². The van der Waals surface area contributed by atoms with Gasteiger partial charge in [-0.05, 0) is 41.5 Å². The number of hydrogen-bond donors (Lipinski definition) is 1. The highest BCUT2D eigenvalue weighted by Crippen LogP contribution is 2.44. The normalized spacial score (nSPS) is 18.2. The Bertz CT molecular complexity index is 817. The Morgan fingerprint density at radius 1 is 1.04 bits per heavy atom. The van der Waals surface area contributed by atoms with Crippen LogP contribution in [0.4, 0.5) is 4.79 Å². The van der Waals surface area contributed by atoms with Crippen molar-refractivity contribution in [1.82, 2.24) is 4.90 Å². The standard InChI is InChI=1S/C22H23NO4/c24-21(25)12-11-15-6-5-13-23(15)22(26)27-14-20-18-9-3-1-7-16(18)17-8-2-4-10-19(17)20/h1-4,7-10,15,20H,5-6,11-14H2,(H,24,25). The van der Waals surface area contributed by atoms with Gasteiger partial charge in [-0.15, -0.1) is 0 Å². The van der Waals surface area contributed by atoms with Crippen molar-refractivity contribution >= 4 is 12.1 Å². The fourth-order valence-corrected chi connectivity index (χ4v) is 4.34. The Morgan fingerprint density at radius 3 is 2.30 bits per heavy atom. The molecule has 0 radical (unpaired) electrons. The molecule has 1 atom stereocenters. The van der Waals surface area contributed by atoms with E-state index in [0.29, 0.717) is 19.6 Å². The van der Waals surface area contributed by atoms with E-state index < -0.39 is 5.97 Å². The lowest BCUT2D eigenvalue weighted by Crippen LogP contribution is -2.36. The number of carbonyl (C=O) groups is 2. The first-order valence-corrected chi connectivity index (χ1v) is 9.48. The average Bonchev–Trinajstić information content (AvgIpc) is 3.27. The van der Waals surface area contributed by atoms with Gasteiger partial charge in [0.2, 0.25) is 0 Å². The molecule has 0 aromatic heterocycles. The van der Waals surface area contributed by atoms with Gasteiger partial charge in [0.1, 0.15) is 6.61 Å². The summed E-state index contributed by atoms with van der Waals surface area (Å²) in [5, 5.41) is 8.90. The molecule has 1 aliphatic heterocycles. The molecular formula is C22H23NO4. The van der Waals surface area contributed by atoms with Crippen molar-refractivity contribution in [1.29, 1.82) is 0 Å². The Morgan fingerprint density at radius 2 is 1.67 bits per heavy atom. The molecule has 2 aromatic rings. The molecule has 1 heterocycles. The maximum atomic E-state index is 12.6. The third-order valence-corrected chi connectivity index (χ3v) is 5.64. The summed E-state index contributed by atoms with van der Waals surface area (Å²) < 4.78 is 5.70. The van der Waals surface area contributed by atoms with E-state index in [-0.39, 0.29) is 24.5 Å². The fourth-order valence-electron chi connectivity index (χ4n) is 4.34. The minimum atomic E-state index is -0.825. The minimum absolute atomic E-state index is 0.0308. The Labute approximate surface area is 158 Å². The van der Waals surface area contributed by atoms with Gasteiger partial charge in [-0.1, -0.05) is 48.5 Å². The maximum Gasteiger partial charge on any atom is 0.410 e. The largest absolute Gasteiger partial charge is 0.481 e. The van der Waals surface area contributed by atoms with E-state index in [2.05, 4.69) is 24.3 Å². The summed E-state index contributed by atoms with van der Waals surface area (Å²) in [5.74, 6) is -0.782. The summed E-state index contributed by atoms with van der Waals surface area (Å²) in [6.07, 6.45) is 1.98. The molecule has 1 amide bonds. The van der Waals surface area contributed by atoms with Crippen molar-refractivity contribution in [2.75, 3.05) is 13.2 Å². The number of hydrogen-bond acceptors (Lipinski definition) is 3. The Balaban J connectivity index is 1.46. The molecule has 4 rings (SSSR count). The van der Waals surface area contributed by atoms with Gasteiger partial charge in [0.05, 0.1) is 0 Å². The van der Waals surface area contributed by atoms with Crippen LogP contribution < -0.4 is 0 Å². The second kappa shape index (κ2) is 7.43. The minimum Gasteiger partial charge on any atom is -0.481 e. The zero-order valence-corrected chi connectivity index (χ0v) is 15.1. The molecule has 0 bridgehead atoms. The highest BCUT2D eigenvalue weighted by atomic mass is 16.6. The molecular weight excluding hydrogens is 342 g/mol. The van der Waals surface area contributed by atoms with Crippen molar-refractivity contribution in [3.63, 3.8) is 0 Å². The first-order chi connectivity index (χ1) is 13.1. The predicted molar refractivity (Wildman–Crippen MR) is 102 cm³/mol. The van der Waals surface area contributed by atoms with Crippen LogP contribution in [0.15, 0.2) is 48.5 Å². The van der Waals surface area contributed by atoms with Crippen molar-refractivity contribution < 1.29 is 19.4 Å². The van der Waals surface area contributed by atoms with Crippen LogP contribution in [0, 0.1) is 0 Å². The van der Waals surface area contributed by atoms with E-state index in [0.717, 1.165) is 12.8 Å². The number of ether oxygens (including phenoxy) is 1. The highest BCUT2D eigenvalue weighted by molar-refractivity contribution is 5.79. The third-order valence-electron chi connectivity index (χ3n) is 5.64. The van der Waals surface area contributed by atoms with Gasteiger partial charge >= 0.3 is 12.1 Å². The number of amides is 1. The highest BCUT2D eigenvalue weighted by Gasteiger charge is 2.33. The van der Waals surface area contributed by atoms with Gasteiger partial charge < -0.3 is 14.7 Å². The van der Waals surface area contributed by atoms with Gasteiger partial charge in [-0.25, -0.2) is 4.79 Å². The summed E-state index contributed by atoms with van der Waals surface area (Å²) >= 11 is 0. The van der Waals surface area contributed by atoms with Crippen LogP contribution in [0.2, 0.25) is 0 Å². The van der Waals surface area contributed by atoms with Crippen molar-refractivity contribution in [3.8, 4) is 11.1 Å². The summed E-state index contributed by atoms with van der Waals surface area (Å²) in [5.41, 5.74) is 4.79. The molecule has 1 unspecified atom stereocenters. The van der Waals surface area contributed by atoms with Crippen molar-refractivity contribution in [3.05, 3.63) is 59.7 Å². The Kier molecular flexibility index (Phi) is 4.84. The molecule has 1 aliphatic carbocycles. The number of carboxylic acid groups (broad SMARTS) is 1. The van der Waals surface area contributed by atoms with Gasteiger partial charge in [-0.2, -0.15) is 0 Å². The fraction of sp³-hybridized carbons (Fsp3) is 0.364. The molecule has 5 nitrogen and oxygen atoms in total. The summed E-state index contributed by atoms with van der Waals surface area (Å²) in [6.45, 7) is 0.940. The van der Waals surface area contributed by atoms with E-state index >= 15 is 0 Å². The second-order valence-corrected chi connectivity index (χ2v) is 7.23. The monoisotopic (exact) mass is 365 g/mol. The van der Waals surface area contributed by atoms with Crippen LogP contribution in [0.3, 0.4) is 0 Å². The lowest BCUT2D eigenvalue weighted by molar-refractivity contribution is -0.137. The van der Waals surface area contributed by atoms with E-state index in [1.54, 1.807) is 4.90 Å². The number of nitrogens with zero attached hydrogens (tertiary/aromatic N) is 1. The summed E-state index contributed by atoms with van der Waals surface area (Å²) in [6, 6.07) is 16.5. The number of fused-ring (bicyclic) bond motifs is 3. The van der Waals surface area contributed by atoms with E-state index in [1.165, 1.54) is 22.3 Å². The van der Waals surface area contributed by atoms with Crippen LogP contribution in [-0.4, -0.2) is 41.3 Å². The molecule has 27 heavy (non-hydrogen) atoms. The Hall–Kier alpha value is -2.82. The van der Waals surface area contributed by atoms with Crippen LogP contribution in [-0.2, 0) is 9.53 Å². The first-order valence-electron chi connectivity index (χ1n) is 9.48. The number of likely N-dealkylation sites (tertiary alicyclic amines) is 1. The third kappa shape index (κ3) is 3.42. The number of aliphatic carboxylic acids is 1. The molecule has 2 aliphatic rings. The lowest BCUT2D eigenvalue weighted by atomic mass is 9.98. The van der Waals surface area contributed by atoms with Gasteiger partial charge in [-0.3, -0.25) is 4.79 Å². The molecule has 1 fully saturated rings. The number of carbonyl (C=O) groups excluding carboxylic acids is 1. The van der Waals surface area contributed by atoms with Crippen LogP contribution >= 0.6 is 0 Å². The molecule has 2 aromatic carbocycles. The zero-order valence-electron chi connectivity index (χ0n) is 15.1. The zero-order chi connectivity index (χ0) is 18.8. The first kappa shape index (κ1) is 17.6. The van der Waals surface area contributed by atoms with E-state index in [1.807, 2.05) is 24.3 Å². The topological polar surface area (TPSA) is 66.8 Å². The molecule has 0 spiro atoms.